The van der Waals surface area contributed by atoms with Gasteiger partial charge in [0.25, 0.3) is 0 Å². The number of morpholine rings is 1. The Morgan fingerprint density at radius 3 is 2.87 bits per heavy atom. The molecular weight excluding hydrogens is 190 g/mol. The molecule has 1 aliphatic rings. The molecule has 15 heavy (non-hydrogen) atoms. The molecule has 0 aliphatic carbocycles. The SMILES string of the molecule is Cc1cnc(N2CCOCC2)cc1C#N. The van der Waals surface area contributed by atoms with Gasteiger partial charge in [0.05, 0.1) is 24.8 Å². The van der Waals surface area contributed by atoms with Gasteiger partial charge in [-0.1, -0.05) is 0 Å². The van der Waals surface area contributed by atoms with E-state index < -0.39 is 0 Å². The fourth-order valence-electron chi connectivity index (χ4n) is 1.60. The van der Waals surface area contributed by atoms with Crippen LogP contribution in [0.15, 0.2) is 12.3 Å². The van der Waals surface area contributed by atoms with Crippen molar-refractivity contribution >= 4 is 5.82 Å². The highest BCUT2D eigenvalue weighted by Gasteiger charge is 2.13. The van der Waals surface area contributed by atoms with E-state index in [-0.39, 0.29) is 0 Å². The van der Waals surface area contributed by atoms with Gasteiger partial charge in [0.1, 0.15) is 5.82 Å². The van der Waals surface area contributed by atoms with Crippen LogP contribution in [0, 0.1) is 18.3 Å². The Bertz CT molecular complexity index is 391. The summed E-state index contributed by atoms with van der Waals surface area (Å²) in [5.74, 6) is 0.875. The van der Waals surface area contributed by atoms with Crippen molar-refractivity contribution in [2.24, 2.45) is 0 Å². The molecule has 2 heterocycles. The van der Waals surface area contributed by atoms with E-state index in [4.69, 9.17) is 10.00 Å². The fraction of sp³-hybridized carbons (Fsp3) is 0.455. The second-order valence-electron chi connectivity index (χ2n) is 3.57. The van der Waals surface area contributed by atoms with Gasteiger partial charge in [-0.15, -0.1) is 0 Å². The molecule has 4 heteroatoms. The van der Waals surface area contributed by atoms with Gasteiger partial charge in [-0.3, -0.25) is 0 Å². The van der Waals surface area contributed by atoms with Crippen molar-refractivity contribution in [1.29, 1.82) is 5.26 Å². The molecular formula is C11H13N3O. The van der Waals surface area contributed by atoms with Crippen molar-refractivity contribution in [2.45, 2.75) is 6.92 Å². The van der Waals surface area contributed by atoms with Gasteiger partial charge < -0.3 is 9.64 Å². The highest BCUT2D eigenvalue weighted by molar-refractivity contribution is 5.48. The minimum absolute atomic E-state index is 0.700. The minimum atomic E-state index is 0.700. The normalized spacial score (nSPS) is 16.1. The van der Waals surface area contributed by atoms with E-state index >= 15 is 0 Å². The van der Waals surface area contributed by atoms with E-state index in [1.54, 1.807) is 6.20 Å². The third-order valence-electron chi connectivity index (χ3n) is 2.54. The van der Waals surface area contributed by atoms with Crippen LogP contribution in [0.5, 0.6) is 0 Å². The molecule has 0 spiro atoms. The van der Waals surface area contributed by atoms with E-state index in [1.165, 1.54) is 0 Å². The first-order valence-corrected chi connectivity index (χ1v) is 5.00. The molecule has 0 atom stereocenters. The van der Waals surface area contributed by atoms with E-state index in [0.717, 1.165) is 37.7 Å². The van der Waals surface area contributed by atoms with Gasteiger partial charge in [0.15, 0.2) is 0 Å². The number of aromatic nitrogens is 1. The quantitative estimate of drug-likeness (QED) is 0.685. The number of hydrogen-bond donors (Lipinski definition) is 0. The Labute approximate surface area is 89.1 Å². The number of nitriles is 1. The van der Waals surface area contributed by atoms with Crippen molar-refractivity contribution in [2.75, 3.05) is 31.2 Å². The summed E-state index contributed by atoms with van der Waals surface area (Å²) in [6.07, 6.45) is 1.75. The molecule has 1 aromatic heterocycles. The van der Waals surface area contributed by atoms with Crippen LogP contribution in [0.2, 0.25) is 0 Å². The van der Waals surface area contributed by atoms with Crippen molar-refractivity contribution in [3.8, 4) is 6.07 Å². The molecule has 2 rings (SSSR count). The third kappa shape index (κ3) is 2.08. The van der Waals surface area contributed by atoms with Crippen molar-refractivity contribution in [3.63, 3.8) is 0 Å². The van der Waals surface area contributed by atoms with Crippen LogP contribution < -0.4 is 4.90 Å². The highest BCUT2D eigenvalue weighted by atomic mass is 16.5. The summed E-state index contributed by atoms with van der Waals surface area (Å²) in [6.45, 7) is 5.06. The zero-order chi connectivity index (χ0) is 10.7. The molecule has 0 unspecified atom stereocenters. The van der Waals surface area contributed by atoms with Crippen LogP contribution in [0.4, 0.5) is 5.82 Å². The van der Waals surface area contributed by atoms with Gasteiger partial charge in [-0.05, 0) is 18.6 Å². The van der Waals surface area contributed by atoms with E-state index in [2.05, 4.69) is 16.0 Å². The second kappa shape index (κ2) is 4.28. The molecule has 0 amide bonds. The molecule has 1 fully saturated rings. The first-order chi connectivity index (χ1) is 7.31. The maximum absolute atomic E-state index is 8.92. The highest BCUT2D eigenvalue weighted by Crippen LogP contribution is 2.16. The van der Waals surface area contributed by atoms with Crippen LogP contribution >= 0.6 is 0 Å². The number of ether oxygens (including phenoxy) is 1. The standard InChI is InChI=1S/C11H13N3O/c1-9-8-13-11(6-10(9)7-12)14-2-4-15-5-3-14/h6,8H,2-5H2,1H3. The van der Waals surface area contributed by atoms with Crippen molar-refractivity contribution in [3.05, 3.63) is 23.4 Å². The molecule has 0 saturated carbocycles. The summed E-state index contributed by atoms with van der Waals surface area (Å²) < 4.78 is 5.27. The van der Waals surface area contributed by atoms with Gasteiger partial charge in [-0.25, -0.2) is 4.98 Å². The Morgan fingerprint density at radius 2 is 2.20 bits per heavy atom. The lowest BCUT2D eigenvalue weighted by Crippen LogP contribution is -2.36. The Hall–Kier alpha value is -1.60. The van der Waals surface area contributed by atoms with Crippen LogP contribution in [-0.4, -0.2) is 31.3 Å². The molecule has 78 valence electrons. The van der Waals surface area contributed by atoms with Crippen molar-refractivity contribution < 1.29 is 4.74 Å². The lowest BCUT2D eigenvalue weighted by molar-refractivity contribution is 0.122. The molecule has 0 radical (unpaired) electrons. The zero-order valence-corrected chi connectivity index (χ0v) is 8.73. The average molecular weight is 203 g/mol. The molecule has 1 aliphatic heterocycles. The Balaban J connectivity index is 2.25. The summed E-state index contributed by atoms with van der Waals surface area (Å²) in [4.78, 5) is 6.47. The largest absolute Gasteiger partial charge is 0.378 e. The van der Waals surface area contributed by atoms with Gasteiger partial charge in [0.2, 0.25) is 0 Å². The zero-order valence-electron chi connectivity index (χ0n) is 8.73. The fourth-order valence-corrected chi connectivity index (χ4v) is 1.60. The predicted molar refractivity (Wildman–Crippen MR) is 56.7 cm³/mol. The van der Waals surface area contributed by atoms with Crippen LogP contribution in [-0.2, 0) is 4.74 Å². The van der Waals surface area contributed by atoms with E-state index in [9.17, 15) is 0 Å². The summed E-state index contributed by atoms with van der Waals surface area (Å²) in [7, 11) is 0. The third-order valence-corrected chi connectivity index (χ3v) is 2.54. The molecule has 0 aromatic carbocycles. The first kappa shape index (κ1) is 9.94. The van der Waals surface area contributed by atoms with Crippen molar-refractivity contribution in [1.82, 2.24) is 4.98 Å². The van der Waals surface area contributed by atoms with Crippen LogP contribution in [0.1, 0.15) is 11.1 Å². The Kier molecular flexibility index (Phi) is 2.84. The molecule has 4 nitrogen and oxygen atoms in total. The first-order valence-electron chi connectivity index (χ1n) is 5.00. The molecule has 1 saturated heterocycles. The lowest BCUT2D eigenvalue weighted by atomic mass is 10.2. The van der Waals surface area contributed by atoms with Crippen LogP contribution in [0.3, 0.4) is 0 Å². The number of anilines is 1. The predicted octanol–water partition coefficient (Wildman–Crippen LogP) is 1.10. The summed E-state index contributed by atoms with van der Waals surface area (Å²) in [6, 6.07) is 4.02. The Morgan fingerprint density at radius 1 is 1.47 bits per heavy atom. The smallest absolute Gasteiger partial charge is 0.129 e. The number of hydrogen-bond acceptors (Lipinski definition) is 4. The van der Waals surface area contributed by atoms with E-state index in [1.807, 2.05) is 13.0 Å². The number of aryl methyl sites for hydroxylation is 1. The van der Waals surface area contributed by atoms with Gasteiger partial charge >= 0.3 is 0 Å². The average Bonchev–Trinajstić information content (AvgIpc) is 2.31. The molecule has 0 N–H and O–H groups in total. The number of nitrogens with zero attached hydrogens (tertiary/aromatic N) is 3. The van der Waals surface area contributed by atoms with E-state index in [0.29, 0.717) is 5.56 Å². The topological polar surface area (TPSA) is 49.2 Å². The summed E-state index contributed by atoms with van der Waals surface area (Å²) in [5, 5.41) is 8.92. The van der Waals surface area contributed by atoms with Gasteiger partial charge in [0, 0.05) is 19.3 Å². The second-order valence-corrected chi connectivity index (χ2v) is 3.57. The molecule has 0 bridgehead atoms. The maximum atomic E-state index is 8.92. The van der Waals surface area contributed by atoms with Gasteiger partial charge in [-0.2, -0.15) is 5.26 Å². The molecule has 1 aromatic rings. The number of pyridine rings is 1. The maximum Gasteiger partial charge on any atom is 0.129 e. The monoisotopic (exact) mass is 203 g/mol. The lowest BCUT2D eigenvalue weighted by Gasteiger charge is -2.27. The number of rotatable bonds is 1. The van der Waals surface area contributed by atoms with Crippen LogP contribution in [0.25, 0.3) is 0 Å². The summed E-state index contributed by atoms with van der Waals surface area (Å²) in [5.41, 5.74) is 1.63. The minimum Gasteiger partial charge on any atom is -0.378 e. The summed E-state index contributed by atoms with van der Waals surface area (Å²) >= 11 is 0.